The first-order valence-electron chi connectivity index (χ1n) is 5.78. The van der Waals surface area contributed by atoms with Crippen molar-refractivity contribution < 1.29 is 13.9 Å². The molecule has 1 atom stereocenters. The summed E-state index contributed by atoms with van der Waals surface area (Å²) in [5.74, 6) is -0.0419. The second kappa shape index (κ2) is 5.69. The van der Waals surface area contributed by atoms with Crippen LogP contribution in [0.4, 0.5) is 0 Å². The molecule has 1 aliphatic heterocycles. The van der Waals surface area contributed by atoms with Gasteiger partial charge in [0, 0.05) is 20.2 Å². The molecule has 0 aromatic carbocycles. The summed E-state index contributed by atoms with van der Waals surface area (Å²) in [5.41, 5.74) is 0.559. The largest absolute Gasteiger partial charge is 0.457 e. The summed E-state index contributed by atoms with van der Waals surface area (Å²) in [6.07, 6.45) is 5.01. The Morgan fingerprint density at radius 2 is 2.41 bits per heavy atom. The van der Waals surface area contributed by atoms with E-state index in [9.17, 15) is 4.79 Å². The Balaban J connectivity index is 1.93. The van der Waals surface area contributed by atoms with Crippen LogP contribution in [0.3, 0.4) is 0 Å². The van der Waals surface area contributed by atoms with Crippen molar-refractivity contribution in [3.8, 4) is 0 Å². The number of hydrogen-bond donors (Lipinski definition) is 0. The summed E-state index contributed by atoms with van der Waals surface area (Å²) in [5, 5.41) is 0. The predicted octanol–water partition coefficient (Wildman–Crippen LogP) is 2.68. The van der Waals surface area contributed by atoms with Crippen LogP contribution < -0.4 is 0 Å². The molecule has 0 bridgehead atoms. The molecule has 94 valence electrons. The Morgan fingerprint density at radius 1 is 1.59 bits per heavy atom. The van der Waals surface area contributed by atoms with E-state index in [1.807, 2.05) is 0 Å². The zero-order valence-corrected chi connectivity index (χ0v) is 11.4. The number of likely N-dealkylation sites (N-methyl/N-ethyl adjacent to an activating group) is 1. The van der Waals surface area contributed by atoms with Crippen molar-refractivity contribution in [1.29, 1.82) is 0 Å². The zero-order valence-electron chi connectivity index (χ0n) is 9.82. The Bertz CT molecular complexity index is 385. The Labute approximate surface area is 109 Å². The highest BCUT2D eigenvalue weighted by atomic mass is 79.9. The molecule has 0 saturated carbocycles. The van der Waals surface area contributed by atoms with Crippen molar-refractivity contribution in [3.05, 3.63) is 22.6 Å². The molecule has 4 nitrogen and oxygen atoms in total. The molecule has 0 N–H and O–H groups in total. The SMILES string of the molecule is CN(CC1CCCCO1)C(=O)c1ccoc1Br. The van der Waals surface area contributed by atoms with Gasteiger partial charge in [-0.15, -0.1) is 0 Å². The first-order valence-corrected chi connectivity index (χ1v) is 6.58. The highest BCUT2D eigenvalue weighted by molar-refractivity contribution is 9.10. The Hall–Kier alpha value is -0.810. The van der Waals surface area contributed by atoms with Crippen LogP contribution in [0.2, 0.25) is 0 Å². The van der Waals surface area contributed by atoms with E-state index in [-0.39, 0.29) is 12.0 Å². The molecule has 2 rings (SSSR count). The van der Waals surface area contributed by atoms with Gasteiger partial charge in [0.15, 0.2) is 4.67 Å². The van der Waals surface area contributed by atoms with Crippen LogP contribution >= 0.6 is 15.9 Å². The molecule has 0 radical (unpaired) electrons. The number of carbonyl (C=O) groups is 1. The fourth-order valence-electron chi connectivity index (χ4n) is 1.99. The van der Waals surface area contributed by atoms with Crippen LogP contribution in [0, 0.1) is 0 Å². The number of amides is 1. The lowest BCUT2D eigenvalue weighted by atomic mass is 10.1. The number of hydrogen-bond acceptors (Lipinski definition) is 3. The van der Waals surface area contributed by atoms with E-state index in [1.54, 1.807) is 18.0 Å². The Kier molecular flexibility index (Phi) is 4.23. The van der Waals surface area contributed by atoms with E-state index in [4.69, 9.17) is 9.15 Å². The van der Waals surface area contributed by atoms with E-state index in [0.29, 0.717) is 16.8 Å². The third kappa shape index (κ3) is 3.10. The smallest absolute Gasteiger partial charge is 0.258 e. The normalized spacial score (nSPS) is 20.2. The number of furan rings is 1. The van der Waals surface area contributed by atoms with Gasteiger partial charge in [-0.2, -0.15) is 0 Å². The molecule has 17 heavy (non-hydrogen) atoms. The molecule has 1 fully saturated rings. The van der Waals surface area contributed by atoms with Gasteiger partial charge in [0.2, 0.25) is 0 Å². The molecule has 0 spiro atoms. The maximum atomic E-state index is 12.1. The number of carbonyl (C=O) groups excluding carboxylic acids is 1. The van der Waals surface area contributed by atoms with Crippen LogP contribution in [0.5, 0.6) is 0 Å². The summed E-state index contributed by atoms with van der Waals surface area (Å²) in [7, 11) is 1.79. The van der Waals surface area contributed by atoms with Crippen molar-refractivity contribution in [2.24, 2.45) is 0 Å². The monoisotopic (exact) mass is 301 g/mol. The maximum Gasteiger partial charge on any atom is 0.258 e. The maximum absolute atomic E-state index is 12.1. The van der Waals surface area contributed by atoms with Crippen molar-refractivity contribution in [2.75, 3.05) is 20.2 Å². The van der Waals surface area contributed by atoms with Crippen molar-refractivity contribution >= 4 is 21.8 Å². The number of halogens is 1. The first-order chi connectivity index (χ1) is 8.18. The van der Waals surface area contributed by atoms with E-state index < -0.39 is 0 Å². The van der Waals surface area contributed by atoms with Crippen molar-refractivity contribution in [1.82, 2.24) is 4.90 Å². The van der Waals surface area contributed by atoms with Gasteiger partial charge < -0.3 is 14.1 Å². The Morgan fingerprint density at radius 3 is 3.00 bits per heavy atom. The molecule has 1 unspecified atom stereocenters. The van der Waals surface area contributed by atoms with Crippen molar-refractivity contribution in [3.63, 3.8) is 0 Å². The van der Waals surface area contributed by atoms with Gasteiger partial charge in [-0.3, -0.25) is 4.79 Å². The van der Waals surface area contributed by atoms with Gasteiger partial charge in [0.1, 0.15) is 0 Å². The average molecular weight is 302 g/mol. The second-order valence-electron chi connectivity index (χ2n) is 4.28. The molecule has 5 heteroatoms. The van der Waals surface area contributed by atoms with Gasteiger partial charge in [0.25, 0.3) is 5.91 Å². The van der Waals surface area contributed by atoms with Gasteiger partial charge in [-0.05, 0) is 41.3 Å². The van der Waals surface area contributed by atoms with E-state index in [0.717, 1.165) is 19.4 Å². The van der Waals surface area contributed by atoms with Crippen molar-refractivity contribution in [2.45, 2.75) is 25.4 Å². The summed E-state index contributed by atoms with van der Waals surface area (Å²) in [4.78, 5) is 13.8. The minimum absolute atomic E-state index is 0.0419. The van der Waals surface area contributed by atoms with E-state index >= 15 is 0 Å². The highest BCUT2D eigenvalue weighted by Gasteiger charge is 2.21. The summed E-state index contributed by atoms with van der Waals surface area (Å²) < 4.78 is 11.2. The van der Waals surface area contributed by atoms with Crippen LogP contribution in [-0.2, 0) is 4.74 Å². The fraction of sp³-hybridized carbons (Fsp3) is 0.583. The van der Waals surface area contributed by atoms with Gasteiger partial charge in [-0.1, -0.05) is 0 Å². The molecular weight excluding hydrogens is 286 g/mol. The average Bonchev–Trinajstić information content (AvgIpc) is 2.76. The number of nitrogens with zero attached hydrogens (tertiary/aromatic N) is 1. The van der Waals surface area contributed by atoms with Crippen LogP contribution in [0.15, 0.2) is 21.4 Å². The van der Waals surface area contributed by atoms with Crippen LogP contribution in [-0.4, -0.2) is 37.1 Å². The molecule has 1 aromatic rings. The summed E-state index contributed by atoms with van der Waals surface area (Å²) in [6.45, 7) is 1.44. The van der Waals surface area contributed by atoms with E-state index in [1.165, 1.54) is 12.7 Å². The molecule has 2 heterocycles. The third-order valence-electron chi connectivity index (χ3n) is 2.95. The topological polar surface area (TPSA) is 42.7 Å². The second-order valence-corrected chi connectivity index (χ2v) is 5.00. The molecule has 1 aromatic heterocycles. The number of ether oxygens (including phenoxy) is 1. The molecule has 1 saturated heterocycles. The van der Waals surface area contributed by atoms with Gasteiger partial charge >= 0.3 is 0 Å². The third-order valence-corrected chi connectivity index (χ3v) is 3.56. The van der Waals surface area contributed by atoms with Gasteiger partial charge in [-0.25, -0.2) is 0 Å². The quantitative estimate of drug-likeness (QED) is 0.862. The van der Waals surface area contributed by atoms with Crippen LogP contribution in [0.25, 0.3) is 0 Å². The van der Waals surface area contributed by atoms with Gasteiger partial charge in [0.05, 0.1) is 17.9 Å². The highest BCUT2D eigenvalue weighted by Crippen LogP contribution is 2.20. The molecule has 1 aliphatic rings. The number of rotatable bonds is 3. The summed E-state index contributed by atoms with van der Waals surface area (Å²) >= 11 is 3.21. The van der Waals surface area contributed by atoms with Crippen LogP contribution in [0.1, 0.15) is 29.6 Å². The predicted molar refractivity (Wildman–Crippen MR) is 67.0 cm³/mol. The fourth-order valence-corrected chi connectivity index (χ4v) is 2.40. The first kappa shape index (κ1) is 12.6. The molecular formula is C12H16BrNO3. The lowest BCUT2D eigenvalue weighted by Gasteiger charge is -2.27. The van der Waals surface area contributed by atoms with E-state index in [2.05, 4.69) is 15.9 Å². The lowest BCUT2D eigenvalue weighted by molar-refractivity contribution is -0.000223. The summed E-state index contributed by atoms with van der Waals surface area (Å²) in [6, 6.07) is 1.67. The standard InChI is InChI=1S/C12H16BrNO3/c1-14(8-9-4-2-3-6-16-9)12(15)10-5-7-17-11(10)13/h5,7,9H,2-4,6,8H2,1H3. The lowest BCUT2D eigenvalue weighted by Crippen LogP contribution is -2.37. The zero-order chi connectivity index (χ0) is 12.3. The molecule has 1 amide bonds. The minimum Gasteiger partial charge on any atom is -0.457 e. The minimum atomic E-state index is -0.0419. The molecule has 0 aliphatic carbocycles.